The van der Waals surface area contributed by atoms with Gasteiger partial charge in [-0.15, -0.1) is 0 Å². The van der Waals surface area contributed by atoms with E-state index < -0.39 is 0 Å². The molecule has 15 heavy (non-hydrogen) atoms. The highest BCUT2D eigenvalue weighted by molar-refractivity contribution is 4.53. The van der Waals surface area contributed by atoms with Crippen molar-refractivity contribution in [3.63, 3.8) is 0 Å². The molecule has 3 nitrogen and oxygen atoms in total. The number of ether oxygens (including phenoxy) is 2. The molecule has 0 aromatic rings. The van der Waals surface area contributed by atoms with E-state index in [9.17, 15) is 0 Å². The van der Waals surface area contributed by atoms with Crippen LogP contribution in [0.2, 0.25) is 0 Å². The van der Waals surface area contributed by atoms with Crippen LogP contribution in [0.4, 0.5) is 0 Å². The van der Waals surface area contributed by atoms with E-state index >= 15 is 0 Å². The molecule has 0 aromatic carbocycles. The van der Waals surface area contributed by atoms with E-state index in [0.717, 1.165) is 38.6 Å². The van der Waals surface area contributed by atoms with E-state index in [4.69, 9.17) is 9.47 Å². The van der Waals surface area contributed by atoms with Gasteiger partial charge in [-0.25, -0.2) is 0 Å². The SMILES string of the molecule is CCOC(CCNCCC(C)C)OCC. The molecule has 0 spiro atoms. The minimum Gasteiger partial charge on any atom is -0.353 e. The first-order valence-corrected chi connectivity index (χ1v) is 6.14. The summed E-state index contributed by atoms with van der Waals surface area (Å²) >= 11 is 0. The van der Waals surface area contributed by atoms with Gasteiger partial charge in [0.2, 0.25) is 0 Å². The van der Waals surface area contributed by atoms with Crippen molar-refractivity contribution in [3.05, 3.63) is 0 Å². The highest BCUT2D eigenvalue weighted by Crippen LogP contribution is 2.00. The lowest BCUT2D eigenvalue weighted by molar-refractivity contribution is -0.138. The van der Waals surface area contributed by atoms with Gasteiger partial charge < -0.3 is 14.8 Å². The molecule has 0 atom stereocenters. The Labute approximate surface area is 94.5 Å². The normalized spacial score (nSPS) is 11.6. The van der Waals surface area contributed by atoms with Crippen LogP contribution in [-0.2, 0) is 9.47 Å². The van der Waals surface area contributed by atoms with Crippen LogP contribution in [0.25, 0.3) is 0 Å². The van der Waals surface area contributed by atoms with E-state index in [0.29, 0.717) is 0 Å². The van der Waals surface area contributed by atoms with Gasteiger partial charge in [-0.2, -0.15) is 0 Å². The quantitative estimate of drug-likeness (QED) is 0.450. The molecule has 0 aromatic heterocycles. The lowest BCUT2D eigenvalue weighted by atomic mass is 10.1. The highest BCUT2D eigenvalue weighted by Gasteiger charge is 2.06. The topological polar surface area (TPSA) is 30.5 Å². The fraction of sp³-hybridized carbons (Fsp3) is 1.00. The summed E-state index contributed by atoms with van der Waals surface area (Å²) in [6.45, 7) is 12.0. The maximum absolute atomic E-state index is 5.45. The first kappa shape index (κ1) is 14.9. The fourth-order valence-corrected chi connectivity index (χ4v) is 1.32. The third kappa shape index (κ3) is 10.2. The Morgan fingerprint density at radius 3 is 1.93 bits per heavy atom. The summed E-state index contributed by atoms with van der Waals surface area (Å²) in [6, 6.07) is 0. The van der Waals surface area contributed by atoms with Gasteiger partial charge in [0.05, 0.1) is 0 Å². The Balaban J connectivity index is 3.36. The summed E-state index contributed by atoms with van der Waals surface area (Å²) in [5.74, 6) is 0.770. The van der Waals surface area contributed by atoms with Crippen LogP contribution in [0.15, 0.2) is 0 Å². The zero-order valence-corrected chi connectivity index (χ0v) is 10.7. The highest BCUT2D eigenvalue weighted by atomic mass is 16.7. The second-order valence-corrected chi connectivity index (χ2v) is 4.06. The van der Waals surface area contributed by atoms with Crippen molar-refractivity contribution in [2.24, 2.45) is 5.92 Å². The molecule has 0 aliphatic heterocycles. The van der Waals surface area contributed by atoms with Crippen LogP contribution in [0, 0.1) is 5.92 Å². The van der Waals surface area contributed by atoms with Gasteiger partial charge in [-0.1, -0.05) is 13.8 Å². The predicted molar refractivity (Wildman–Crippen MR) is 64.0 cm³/mol. The molecule has 0 aliphatic carbocycles. The van der Waals surface area contributed by atoms with Crippen molar-refractivity contribution >= 4 is 0 Å². The van der Waals surface area contributed by atoms with E-state index in [1.165, 1.54) is 6.42 Å². The molecule has 3 heteroatoms. The molecule has 0 unspecified atom stereocenters. The molecule has 0 radical (unpaired) electrons. The number of hydrogen-bond donors (Lipinski definition) is 1. The Kier molecular flexibility index (Phi) is 10.3. The van der Waals surface area contributed by atoms with Crippen LogP contribution in [-0.4, -0.2) is 32.6 Å². The molecule has 0 saturated heterocycles. The van der Waals surface area contributed by atoms with Gasteiger partial charge >= 0.3 is 0 Å². The van der Waals surface area contributed by atoms with Crippen LogP contribution in [0.1, 0.15) is 40.5 Å². The molecular weight excluding hydrogens is 190 g/mol. The molecule has 0 amide bonds. The van der Waals surface area contributed by atoms with Crippen molar-refractivity contribution in [1.29, 1.82) is 0 Å². The number of rotatable bonds is 10. The van der Waals surface area contributed by atoms with Crippen molar-refractivity contribution in [2.75, 3.05) is 26.3 Å². The molecule has 0 aliphatic rings. The van der Waals surface area contributed by atoms with E-state index in [1.54, 1.807) is 0 Å². The predicted octanol–water partition coefficient (Wildman–Crippen LogP) is 2.41. The van der Waals surface area contributed by atoms with Crippen molar-refractivity contribution in [1.82, 2.24) is 5.32 Å². The summed E-state index contributed by atoms with van der Waals surface area (Å²) in [6.07, 6.45) is 2.12. The van der Waals surface area contributed by atoms with Gasteiger partial charge in [0, 0.05) is 19.6 Å². The lowest BCUT2D eigenvalue weighted by Crippen LogP contribution is -2.25. The standard InChI is InChI=1S/C12H27NO2/c1-5-14-12(15-6-2)8-10-13-9-7-11(3)4/h11-13H,5-10H2,1-4H3. The Morgan fingerprint density at radius 1 is 0.933 bits per heavy atom. The average Bonchev–Trinajstić information content (AvgIpc) is 2.17. The first-order chi connectivity index (χ1) is 7.20. The second-order valence-electron chi connectivity index (χ2n) is 4.06. The molecule has 0 rings (SSSR count). The van der Waals surface area contributed by atoms with Crippen molar-refractivity contribution < 1.29 is 9.47 Å². The Hall–Kier alpha value is -0.120. The summed E-state index contributed by atoms with van der Waals surface area (Å²) < 4.78 is 10.9. The van der Waals surface area contributed by atoms with Crippen LogP contribution in [0.3, 0.4) is 0 Å². The third-order valence-electron chi connectivity index (χ3n) is 2.16. The zero-order valence-electron chi connectivity index (χ0n) is 10.7. The van der Waals surface area contributed by atoms with E-state index in [1.807, 2.05) is 13.8 Å². The van der Waals surface area contributed by atoms with E-state index in [2.05, 4.69) is 19.2 Å². The minimum atomic E-state index is -0.0356. The molecule has 0 saturated carbocycles. The molecule has 0 heterocycles. The molecule has 92 valence electrons. The summed E-state index contributed by atoms with van der Waals surface area (Å²) in [7, 11) is 0. The van der Waals surface area contributed by atoms with Gasteiger partial charge in [0.25, 0.3) is 0 Å². The lowest BCUT2D eigenvalue weighted by Gasteiger charge is -2.17. The summed E-state index contributed by atoms with van der Waals surface area (Å²) in [4.78, 5) is 0. The van der Waals surface area contributed by atoms with Crippen molar-refractivity contribution in [3.8, 4) is 0 Å². The van der Waals surface area contributed by atoms with Crippen LogP contribution < -0.4 is 5.32 Å². The molecular formula is C12H27NO2. The number of nitrogens with one attached hydrogen (secondary N) is 1. The Morgan fingerprint density at radius 2 is 1.47 bits per heavy atom. The maximum Gasteiger partial charge on any atom is 0.158 e. The van der Waals surface area contributed by atoms with Gasteiger partial charge in [-0.05, 0) is 39.3 Å². The smallest absolute Gasteiger partial charge is 0.158 e. The Bertz CT molecular complexity index is 123. The summed E-state index contributed by atoms with van der Waals surface area (Å²) in [5, 5.41) is 3.40. The van der Waals surface area contributed by atoms with Crippen LogP contribution >= 0.6 is 0 Å². The molecule has 1 N–H and O–H groups in total. The van der Waals surface area contributed by atoms with Crippen molar-refractivity contribution in [2.45, 2.75) is 46.8 Å². The first-order valence-electron chi connectivity index (χ1n) is 6.14. The monoisotopic (exact) mass is 217 g/mol. The second kappa shape index (κ2) is 10.4. The zero-order chi connectivity index (χ0) is 11.5. The number of hydrogen-bond acceptors (Lipinski definition) is 3. The minimum absolute atomic E-state index is 0.0356. The van der Waals surface area contributed by atoms with Gasteiger partial charge in [0.15, 0.2) is 6.29 Å². The average molecular weight is 217 g/mol. The molecule has 0 fully saturated rings. The fourth-order valence-electron chi connectivity index (χ4n) is 1.32. The molecule has 0 bridgehead atoms. The van der Waals surface area contributed by atoms with Crippen LogP contribution in [0.5, 0.6) is 0 Å². The van der Waals surface area contributed by atoms with E-state index in [-0.39, 0.29) is 6.29 Å². The third-order valence-corrected chi connectivity index (χ3v) is 2.16. The maximum atomic E-state index is 5.45. The van der Waals surface area contributed by atoms with Gasteiger partial charge in [0.1, 0.15) is 0 Å². The largest absolute Gasteiger partial charge is 0.353 e. The summed E-state index contributed by atoms with van der Waals surface area (Å²) in [5.41, 5.74) is 0. The van der Waals surface area contributed by atoms with Gasteiger partial charge in [-0.3, -0.25) is 0 Å².